The number of rotatable bonds is 7. The summed E-state index contributed by atoms with van der Waals surface area (Å²) in [5.41, 5.74) is 6.11. The third-order valence-electron chi connectivity index (χ3n) is 8.08. The maximum atomic E-state index is 10.9. The molecule has 2 heterocycles. The molecule has 2 fully saturated rings. The number of piperazine rings is 2. The maximum Gasteiger partial charge on any atom is 0.335 e. The van der Waals surface area contributed by atoms with Crippen LogP contribution in [0.15, 0.2) is 109 Å². The summed E-state index contributed by atoms with van der Waals surface area (Å²) in [6.45, 7) is 10.2. The number of carbonyl (C=O) groups is 1. The number of anilines is 2. The van der Waals surface area contributed by atoms with Crippen molar-refractivity contribution in [1.29, 1.82) is 5.26 Å². The highest BCUT2D eigenvalue weighted by molar-refractivity contribution is 5.88. The molecule has 6 rings (SSSR count). The van der Waals surface area contributed by atoms with Crippen LogP contribution in [0.3, 0.4) is 0 Å². The third-order valence-corrected chi connectivity index (χ3v) is 8.08. The first-order chi connectivity index (χ1) is 21.1. The van der Waals surface area contributed by atoms with Gasteiger partial charge in [0, 0.05) is 76.8 Å². The van der Waals surface area contributed by atoms with E-state index in [9.17, 15) is 4.79 Å². The number of nitrogens with zero attached hydrogens (tertiary/aromatic N) is 5. The van der Waals surface area contributed by atoms with E-state index in [4.69, 9.17) is 10.4 Å². The molecule has 0 amide bonds. The van der Waals surface area contributed by atoms with Gasteiger partial charge in [-0.1, -0.05) is 60.7 Å². The van der Waals surface area contributed by atoms with Gasteiger partial charge in [0.1, 0.15) is 0 Å². The lowest BCUT2D eigenvalue weighted by Crippen LogP contribution is -2.45. The molecule has 0 radical (unpaired) electrons. The van der Waals surface area contributed by atoms with E-state index in [2.05, 4.69) is 80.3 Å². The van der Waals surface area contributed by atoms with E-state index >= 15 is 0 Å². The fourth-order valence-electron chi connectivity index (χ4n) is 5.57. The number of nitriles is 1. The van der Waals surface area contributed by atoms with E-state index in [-0.39, 0.29) is 0 Å². The fourth-order valence-corrected chi connectivity index (χ4v) is 5.57. The first-order valence-electron chi connectivity index (χ1n) is 14.9. The van der Waals surface area contributed by atoms with Gasteiger partial charge in [0.2, 0.25) is 0 Å². The van der Waals surface area contributed by atoms with Crippen molar-refractivity contribution in [3.8, 4) is 6.07 Å². The topological polar surface area (TPSA) is 74.0 Å². The lowest BCUT2D eigenvalue weighted by Gasteiger charge is -2.36. The molecule has 0 atom stereocenters. The van der Waals surface area contributed by atoms with E-state index in [1.54, 1.807) is 12.1 Å². The van der Waals surface area contributed by atoms with Crippen molar-refractivity contribution in [3.63, 3.8) is 0 Å². The van der Waals surface area contributed by atoms with Crippen molar-refractivity contribution in [3.05, 3.63) is 131 Å². The Kier molecular flexibility index (Phi) is 10.4. The van der Waals surface area contributed by atoms with Crippen LogP contribution in [0, 0.1) is 11.3 Å². The molecule has 43 heavy (non-hydrogen) atoms. The molecule has 0 bridgehead atoms. The quantitative estimate of drug-likeness (QED) is 0.309. The number of benzene rings is 4. The molecule has 2 aliphatic rings. The van der Waals surface area contributed by atoms with Crippen molar-refractivity contribution in [2.24, 2.45) is 0 Å². The Morgan fingerprint density at radius 3 is 1.35 bits per heavy atom. The van der Waals surface area contributed by atoms with Crippen LogP contribution in [-0.2, 0) is 13.1 Å². The molecule has 2 saturated heterocycles. The van der Waals surface area contributed by atoms with Gasteiger partial charge in [0.05, 0.1) is 17.2 Å². The SMILES string of the molecule is N#Cc1ccc(N2CCN(Cc3ccccc3)CC2)cc1.O=C(O)c1ccc(N2CCN(Cc3ccccc3)CC2)cc1. The number of carboxylic acids is 1. The van der Waals surface area contributed by atoms with Crippen molar-refractivity contribution < 1.29 is 9.90 Å². The summed E-state index contributed by atoms with van der Waals surface area (Å²) < 4.78 is 0. The van der Waals surface area contributed by atoms with Gasteiger partial charge in [0.25, 0.3) is 0 Å². The second-order valence-corrected chi connectivity index (χ2v) is 11.0. The van der Waals surface area contributed by atoms with Crippen molar-refractivity contribution >= 4 is 17.3 Å². The van der Waals surface area contributed by atoms with Gasteiger partial charge in [-0.25, -0.2) is 4.79 Å². The Bertz CT molecular complexity index is 1450. The normalized spacial score (nSPS) is 15.7. The average molecular weight is 574 g/mol. The largest absolute Gasteiger partial charge is 0.478 e. The molecule has 1 N–H and O–H groups in total. The Balaban J connectivity index is 0.000000171. The molecule has 4 aromatic rings. The van der Waals surface area contributed by atoms with E-state index in [1.165, 1.54) is 16.8 Å². The van der Waals surface area contributed by atoms with Gasteiger partial charge in [-0.05, 0) is 59.7 Å². The molecule has 0 unspecified atom stereocenters. The van der Waals surface area contributed by atoms with E-state index in [0.29, 0.717) is 5.56 Å². The van der Waals surface area contributed by atoms with E-state index in [1.807, 2.05) is 42.5 Å². The zero-order valence-corrected chi connectivity index (χ0v) is 24.6. The first kappa shape index (κ1) is 29.8. The molecule has 2 aliphatic heterocycles. The summed E-state index contributed by atoms with van der Waals surface area (Å²) in [7, 11) is 0. The molecule has 4 aromatic carbocycles. The highest BCUT2D eigenvalue weighted by Gasteiger charge is 2.18. The van der Waals surface area contributed by atoms with Gasteiger partial charge in [-0.2, -0.15) is 5.26 Å². The minimum absolute atomic E-state index is 0.339. The predicted octanol–water partition coefficient (Wildman–Crippen LogP) is 5.59. The maximum absolute atomic E-state index is 10.9. The Hall–Kier alpha value is -4.64. The molecular formula is C36H39N5O2. The monoisotopic (exact) mass is 573 g/mol. The highest BCUT2D eigenvalue weighted by atomic mass is 16.4. The van der Waals surface area contributed by atoms with Crippen LogP contribution in [-0.4, -0.2) is 73.2 Å². The summed E-state index contributed by atoms with van der Waals surface area (Å²) in [5.74, 6) is -0.876. The van der Waals surface area contributed by atoms with Crippen LogP contribution in [0.1, 0.15) is 27.0 Å². The van der Waals surface area contributed by atoms with Crippen molar-refractivity contribution in [2.75, 3.05) is 62.2 Å². The smallest absolute Gasteiger partial charge is 0.335 e. The van der Waals surface area contributed by atoms with Crippen molar-refractivity contribution in [1.82, 2.24) is 9.80 Å². The summed E-state index contributed by atoms with van der Waals surface area (Å²) in [5, 5.41) is 17.8. The average Bonchev–Trinajstić information content (AvgIpc) is 3.07. The summed E-state index contributed by atoms with van der Waals surface area (Å²) in [6, 6.07) is 38.4. The van der Waals surface area contributed by atoms with Gasteiger partial charge in [0.15, 0.2) is 0 Å². The van der Waals surface area contributed by atoms with E-state index < -0.39 is 5.97 Å². The van der Waals surface area contributed by atoms with Crippen molar-refractivity contribution in [2.45, 2.75) is 13.1 Å². The number of aromatic carboxylic acids is 1. The second-order valence-electron chi connectivity index (χ2n) is 11.0. The van der Waals surface area contributed by atoms with Gasteiger partial charge < -0.3 is 14.9 Å². The summed E-state index contributed by atoms with van der Waals surface area (Å²) in [6.07, 6.45) is 0. The van der Waals surface area contributed by atoms with Crippen LogP contribution >= 0.6 is 0 Å². The van der Waals surface area contributed by atoms with Crippen LogP contribution in [0.25, 0.3) is 0 Å². The van der Waals surface area contributed by atoms with Gasteiger partial charge in [-0.15, -0.1) is 0 Å². The summed E-state index contributed by atoms with van der Waals surface area (Å²) in [4.78, 5) is 20.5. The minimum atomic E-state index is -0.876. The van der Waals surface area contributed by atoms with Crippen LogP contribution in [0.5, 0.6) is 0 Å². The van der Waals surface area contributed by atoms with Crippen LogP contribution in [0.4, 0.5) is 11.4 Å². The Labute approximate surface area is 254 Å². The van der Waals surface area contributed by atoms with Crippen LogP contribution < -0.4 is 9.80 Å². The number of carboxylic acid groups (broad SMARTS) is 1. The van der Waals surface area contributed by atoms with Gasteiger partial charge in [-0.3, -0.25) is 9.80 Å². The van der Waals surface area contributed by atoms with Crippen LogP contribution in [0.2, 0.25) is 0 Å². The molecule has 0 spiro atoms. The Morgan fingerprint density at radius 2 is 0.977 bits per heavy atom. The molecule has 7 heteroatoms. The lowest BCUT2D eigenvalue weighted by molar-refractivity contribution is 0.0697. The third kappa shape index (κ3) is 8.68. The zero-order valence-electron chi connectivity index (χ0n) is 24.6. The minimum Gasteiger partial charge on any atom is -0.478 e. The first-order valence-corrected chi connectivity index (χ1v) is 14.9. The standard InChI is InChI=1S/C18H19N3.C18H20N2O2/c19-14-16-6-8-18(9-7-16)21-12-10-20(11-13-21)15-17-4-2-1-3-5-17;21-18(22)16-6-8-17(9-7-16)20-12-10-19(11-13-20)14-15-4-2-1-3-5-15/h1-9H,10-13,15H2;1-9H,10-14H2,(H,21,22). The molecule has 220 valence electrons. The number of hydrogen-bond donors (Lipinski definition) is 1. The summed E-state index contributed by atoms with van der Waals surface area (Å²) >= 11 is 0. The molecule has 0 saturated carbocycles. The number of hydrogen-bond acceptors (Lipinski definition) is 6. The van der Waals surface area contributed by atoms with Gasteiger partial charge >= 0.3 is 5.97 Å². The molecule has 0 aromatic heterocycles. The predicted molar refractivity (Wildman–Crippen MR) is 172 cm³/mol. The van der Waals surface area contributed by atoms with E-state index in [0.717, 1.165) is 76.7 Å². The molecule has 0 aliphatic carbocycles. The lowest BCUT2D eigenvalue weighted by atomic mass is 10.1. The fraction of sp³-hybridized carbons (Fsp3) is 0.278. The Morgan fingerprint density at radius 1 is 0.581 bits per heavy atom. The molecular weight excluding hydrogens is 534 g/mol. The second kappa shape index (κ2) is 15.0. The highest BCUT2D eigenvalue weighted by Crippen LogP contribution is 2.19. The zero-order chi connectivity index (χ0) is 29.9. The molecule has 7 nitrogen and oxygen atoms in total.